The van der Waals surface area contributed by atoms with E-state index >= 15 is 0 Å². The lowest BCUT2D eigenvalue weighted by Gasteiger charge is -2.40. The first-order valence-corrected chi connectivity index (χ1v) is 17.1. The van der Waals surface area contributed by atoms with Gasteiger partial charge < -0.3 is 37.4 Å². The number of amides is 5. The van der Waals surface area contributed by atoms with E-state index in [0.717, 1.165) is 24.7 Å². The Morgan fingerprint density at radius 3 is 1.78 bits per heavy atom. The Morgan fingerprint density at radius 1 is 0.784 bits per heavy atom. The van der Waals surface area contributed by atoms with Crippen molar-refractivity contribution in [3.63, 3.8) is 0 Å². The molecular weight excluding hydrogens is 663 g/mol. The van der Waals surface area contributed by atoms with E-state index in [4.69, 9.17) is 17.9 Å². The number of pyridine rings is 2. The number of piperidine rings is 2. The Balaban J connectivity index is 0.000000221. The van der Waals surface area contributed by atoms with Gasteiger partial charge in [-0.1, -0.05) is 38.5 Å². The second-order valence-electron chi connectivity index (χ2n) is 13.0. The third-order valence-electron chi connectivity index (χ3n) is 9.69. The van der Waals surface area contributed by atoms with Gasteiger partial charge in [0.25, 0.3) is 0 Å². The monoisotopic (exact) mass is 713 g/mol. The van der Waals surface area contributed by atoms with Gasteiger partial charge in [-0.05, 0) is 74.6 Å². The zero-order valence-corrected chi connectivity index (χ0v) is 28.7. The average molecular weight is 714 g/mol. The molecule has 8 N–H and O–H groups in total. The quantitative estimate of drug-likeness (QED) is 0.253. The van der Waals surface area contributed by atoms with Crippen LogP contribution in [-0.2, 0) is 19.2 Å². The number of carbonyl (C=O) groups excluding carboxylic acids is 5. The van der Waals surface area contributed by atoms with Crippen molar-refractivity contribution in [3.05, 3.63) is 48.0 Å². The number of nitrogens with one attached hydrogen (secondary N) is 3. The molecule has 2 aromatic rings. The van der Waals surface area contributed by atoms with Gasteiger partial charge in [0.1, 0.15) is 0 Å². The number of halogens is 1. The van der Waals surface area contributed by atoms with Crippen LogP contribution in [0.15, 0.2) is 36.9 Å². The van der Waals surface area contributed by atoms with E-state index in [0.29, 0.717) is 24.9 Å². The number of carbonyl (C=O) groups is 6. The summed E-state index contributed by atoms with van der Waals surface area (Å²) in [6.07, 6.45) is 18.4. The first-order chi connectivity index (χ1) is 24.9. The summed E-state index contributed by atoms with van der Waals surface area (Å²) >= 11 is 0. The van der Waals surface area contributed by atoms with Gasteiger partial charge in [-0.25, -0.2) is 4.79 Å². The highest BCUT2D eigenvalue weighted by atomic mass is 19.1. The van der Waals surface area contributed by atoms with Crippen molar-refractivity contribution < 1.29 is 39.6 Å². The predicted octanol–water partition coefficient (Wildman–Crippen LogP) is 2.73. The molecule has 4 heterocycles. The molecule has 2 aromatic heterocycles. The Morgan fingerprint density at radius 2 is 1.27 bits per heavy atom. The topological polar surface area (TPSA) is 240 Å². The van der Waals surface area contributed by atoms with E-state index in [2.05, 4.69) is 20.6 Å². The molecule has 15 nitrogen and oxygen atoms in total. The Bertz CT molecular complexity index is 1520. The van der Waals surface area contributed by atoms with E-state index < -0.39 is 42.7 Å². The van der Waals surface area contributed by atoms with Crippen molar-refractivity contribution in [2.24, 2.45) is 35.1 Å². The van der Waals surface area contributed by atoms with Gasteiger partial charge in [0, 0.05) is 25.5 Å². The summed E-state index contributed by atoms with van der Waals surface area (Å²) in [7, 11) is -1.00. The molecule has 0 aromatic carbocycles. The van der Waals surface area contributed by atoms with Crippen LogP contribution < -0.4 is 27.4 Å². The summed E-state index contributed by atoms with van der Waals surface area (Å²) in [5.74, 6) is -2.06. The Hall–Kier alpha value is -4.99. The lowest BCUT2D eigenvalue weighted by Crippen LogP contribution is -2.48. The number of rotatable bonds is 4. The first-order valence-electron chi connectivity index (χ1n) is 17.8. The maximum Gasteiger partial charge on any atom is 0.394 e. The fourth-order valence-electron chi connectivity index (χ4n) is 7.09. The van der Waals surface area contributed by atoms with Crippen LogP contribution in [0.25, 0.3) is 0 Å². The molecule has 2 aliphatic heterocycles. The molecule has 4 atom stereocenters. The van der Waals surface area contributed by atoms with Crippen LogP contribution in [-0.4, -0.2) is 88.8 Å². The zero-order valence-electron chi connectivity index (χ0n) is 29.7. The van der Waals surface area contributed by atoms with Gasteiger partial charge in [-0.15, -0.1) is 0 Å². The number of nitrogens with zero attached hydrogens (tertiary/aromatic N) is 3. The second-order valence-corrected chi connectivity index (χ2v) is 13.0. The van der Waals surface area contributed by atoms with Gasteiger partial charge in [-0.2, -0.15) is 0 Å². The summed E-state index contributed by atoms with van der Waals surface area (Å²) in [6, 6.07) is 2.64. The number of carboxylic acid groups (broad SMARTS) is 1. The SMILES string of the molecule is C1CC[C@@H]2CNCC[C@@H]2C1.NC(=O)c1cncc(NC(=O)C(=O)N2CC[C@@H]3CCCC[C@@H]3C2)c1.NC(=O)c1cncc(NC(=O)C(=O)O)c1.[2H]CF. The molecule has 4 aliphatic rings. The number of nitrogens with two attached hydrogens (primary N) is 2. The van der Waals surface area contributed by atoms with Crippen molar-refractivity contribution in [3.8, 4) is 0 Å². The van der Waals surface area contributed by atoms with Crippen LogP contribution >= 0.6 is 0 Å². The lowest BCUT2D eigenvalue weighted by molar-refractivity contribution is -0.147. The molecule has 5 amide bonds. The molecule has 0 spiro atoms. The maximum atomic E-state index is 12.4. The summed E-state index contributed by atoms with van der Waals surface area (Å²) in [6.45, 7) is 3.88. The van der Waals surface area contributed by atoms with Crippen LogP contribution in [0.1, 0.15) is 86.3 Å². The zero-order chi connectivity index (χ0) is 38.0. The Kier molecular flexibility index (Phi) is 15.7. The summed E-state index contributed by atoms with van der Waals surface area (Å²) in [5.41, 5.74) is 10.8. The molecule has 51 heavy (non-hydrogen) atoms. The van der Waals surface area contributed by atoms with E-state index in [1.807, 2.05) is 5.32 Å². The Labute approximate surface area is 297 Å². The van der Waals surface area contributed by atoms with Crippen LogP contribution in [0.4, 0.5) is 15.8 Å². The number of fused-ring (bicyclic) bond motifs is 2. The fraction of sp³-hybridized carbons (Fsp3) is 0.543. The number of alkyl halides is 1. The van der Waals surface area contributed by atoms with E-state index in [1.54, 1.807) is 4.90 Å². The highest BCUT2D eigenvalue weighted by molar-refractivity contribution is 6.39. The molecule has 278 valence electrons. The summed E-state index contributed by atoms with van der Waals surface area (Å²) in [5, 5.41) is 16.3. The second kappa shape index (κ2) is 20.6. The van der Waals surface area contributed by atoms with Crippen molar-refractivity contribution in [1.82, 2.24) is 20.2 Å². The van der Waals surface area contributed by atoms with Crippen molar-refractivity contribution >= 4 is 46.9 Å². The third-order valence-corrected chi connectivity index (χ3v) is 9.69. The van der Waals surface area contributed by atoms with E-state index in [-0.39, 0.29) is 22.5 Å². The van der Waals surface area contributed by atoms with Gasteiger partial charge in [-0.3, -0.25) is 38.3 Å². The smallest absolute Gasteiger partial charge is 0.394 e. The minimum absolute atomic E-state index is 0.0817. The number of hydrogen-bond acceptors (Lipinski definition) is 9. The summed E-state index contributed by atoms with van der Waals surface area (Å²) in [4.78, 5) is 76.5. The predicted molar refractivity (Wildman–Crippen MR) is 187 cm³/mol. The van der Waals surface area contributed by atoms with E-state index in [9.17, 15) is 33.2 Å². The fourth-order valence-corrected chi connectivity index (χ4v) is 7.09. The number of hydrogen-bond donors (Lipinski definition) is 6. The highest BCUT2D eigenvalue weighted by Gasteiger charge is 2.35. The van der Waals surface area contributed by atoms with Crippen LogP contribution in [0, 0.1) is 23.7 Å². The molecule has 0 radical (unpaired) electrons. The molecule has 0 bridgehead atoms. The molecule has 2 aliphatic carbocycles. The molecule has 2 saturated carbocycles. The summed E-state index contributed by atoms with van der Waals surface area (Å²) < 4.78 is 15.5. The number of anilines is 2. The van der Waals surface area contributed by atoms with Crippen LogP contribution in [0.3, 0.4) is 0 Å². The largest absolute Gasteiger partial charge is 0.474 e. The minimum Gasteiger partial charge on any atom is -0.474 e. The number of carboxylic acids is 1. The average Bonchev–Trinajstić information content (AvgIpc) is 3.15. The molecule has 6 rings (SSSR count). The number of aliphatic carboxylic acids is 1. The number of likely N-dealkylation sites (tertiary alicyclic amines) is 1. The maximum absolute atomic E-state index is 12.4. The molecule has 0 unspecified atom stereocenters. The number of primary amides is 2. The van der Waals surface area contributed by atoms with Gasteiger partial charge >= 0.3 is 23.7 Å². The number of aromatic nitrogens is 2. The normalized spacial score (nSPS) is 22.1. The van der Waals surface area contributed by atoms with E-state index in [1.165, 1.54) is 101 Å². The van der Waals surface area contributed by atoms with Crippen molar-refractivity contribution in [1.29, 1.82) is 0 Å². The van der Waals surface area contributed by atoms with Crippen molar-refractivity contribution in [2.75, 3.05) is 44.0 Å². The highest BCUT2D eigenvalue weighted by Crippen LogP contribution is 2.36. The van der Waals surface area contributed by atoms with Gasteiger partial charge in [0.05, 0.1) is 43.4 Å². The third kappa shape index (κ3) is 12.7. The van der Waals surface area contributed by atoms with Crippen LogP contribution in [0.5, 0.6) is 0 Å². The molecular formula is C35H49FN8O7. The van der Waals surface area contributed by atoms with Crippen molar-refractivity contribution in [2.45, 2.75) is 64.2 Å². The molecule has 2 saturated heterocycles. The van der Waals surface area contributed by atoms with Gasteiger partial charge in [0.15, 0.2) is 0 Å². The lowest BCUT2D eigenvalue weighted by atomic mass is 9.75. The van der Waals surface area contributed by atoms with Crippen LogP contribution in [0.2, 0.25) is 0 Å². The molecule has 16 heteroatoms. The standard InChI is InChI=1S/C17H22N4O3.C9H17N.C8H7N3O4.CH3F/c18-15(22)13-7-14(9-19-8-13)20-16(23)17(24)21-6-5-11-3-1-2-4-12(11)10-21;1-2-4-9-7-10-6-5-8(9)3-1;9-6(12)4-1-5(3-10-2-4)11-7(13)8(14)15;1-2/h7-9,11-12H,1-6,10H2,(H2,18,22)(H,20,23);8-10H,1-7H2;1-3H,(H2,9,12)(H,11,13)(H,14,15);1H3/t11-,12+;8-,9+;;/m00../s1/i;;;1D. The molecule has 4 fully saturated rings. The first kappa shape index (κ1) is 38.8. The van der Waals surface area contributed by atoms with Gasteiger partial charge in [0.2, 0.25) is 11.8 Å². The minimum atomic E-state index is -1.63.